The van der Waals surface area contributed by atoms with Gasteiger partial charge in [0.05, 0.1) is 29.8 Å². The molecule has 6 atom stereocenters. The second kappa shape index (κ2) is 12.4. The highest BCUT2D eigenvalue weighted by atomic mass is 16.6. The fraction of sp³-hybridized carbons (Fsp3) is 0.438. The number of ketones is 4. The van der Waals surface area contributed by atoms with Gasteiger partial charge in [-0.05, 0) is 50.0 Å². The highest BCUT2D eigenvalue weighted by Crippen LogP contribution is 2.52. The largest absolute Gasteiger partial charge is 0.505 e. The van der Waals surface area contributed by atoms with Crippen LogP contribution in [0.15, 0.2) is 36.4 Å². The number of anilines is 2. The summed E-state index contributed by atoms with van der Waals surface area (Å²) in [4.78, 5) is 88.3. The van der Waals surface area contributed by atoms with Crippen molar-refractivity contribution in [1.82, 2.24) is 10.4 Å². The van der Waals surface area contributed by atoms with Crippen LogP contribution in [0.25, 0.3) is 0 Å². The molecule has 6 N–H and O–H groups in total. The summed E-state index contributed by atoms with van der Waals surface area (Å²) in [6, 6.07) is 9.60. The van der Waals surface area contributed by atoms with Gasteiger partial charge in [-0.2, -0.15) is 5.48 Å². The molecule has 2 saturated carbocycles. The van der Waals surface area contributed by atoms with Gasteiger partial charge in [0.1, 0.15) is 12.3 Å². The Morgan fingerprint density at radius 3 is 2.35 bits per heavy atom. The maximum Gasteiger partial charge on any atom is 0.240 e. The van der Waals surface area contributed by atoms with Gasteiger partial charge in [0.25, 0.3) is 0 Å². The molecule has 46 heavy (non-hydrogen) atoms. The van der Waals surface area contributed by atoms with Crippen molar-refractivity contribution < 1.29 is 43.8 Å². The zero-order chi connectivity index (χ0) is 33.7. The first-order valence-electron chi connectivity index (χ1n) is 14.8. The Bertz CT molecular complexity index is 1630. The van der Waals surface area contributed by atoms with Crippen LogP contribution in [0.4, 0.5) is 11.4 Å². The summed E-state index contributed by atoms with van der Waals surface area (Å²) in [6.45, 7) is -0.0888. The molecule has 2 amide bonds. The summed E-state index contributed by atoms with van der Waals surface area (Å²) < 4.78 is 0. The minimum atomic E-state index is -2.83. The molecule has 2 fully saturated rings. The van der Waals surface area contributed by atoms with Gasteiger partial charge < -0.3 is 26.2 Å². The number of aromatic hydroxyl groups is 1. The number of likely N-dealkylation sites (N-methyl/N-ethyl adjacent to an activating group) is 1. The summed E-state index contributed by atoms with van der Waals surface area (Å²) in [7, 11) is 6.47. The molecule has 0 spiro atoms. The molecule has 3 aliphatic rings. The molecule has 0 aliphatic heterocycles. The standard InChI is InChI=1S/C32H37N5O9/c1-36(2)20-12-19(35-21(38)13-34-46-14-15-8-6-5-7-9-15)26(39)23-17(20)10-16-11-18-25(37(3)4)28(41)24(31(33)44)30(43)32(18,45)29(42)22(16)27(23)40/h5-9,12,16,18,22,24-25,34,39,45H,10-11,13-14H2,1-4H3,(H2,33,44)(H,35,38)/t16?,18?,22?,24?,25-,32-/m0/s1. The zero-order valence-electron chi connectivity index (χ0n) is 25.9. The number of benzene rings is 2. The van der Waals surface area contributed by atoms with Crippen LogP contribution in [0.5, 0.6) is 5.75 Å². The molecule has 0 radical (unpaired) electrons. The summed E-state index contributed by atoms with van der Waals surface area (Å²) >= 11 is 0. The van der Waals surface area contributed by atoms with E-state index in [1.54, 1.807) is 19.0 Å². The predicted molar refractivity (Wildman–Crippen MR) is 164 cm³/mol. The number of hydrogen-bond donors (Lipinski definition) is 5. The number of primary amides is 1. The summed E-state index contributed by atoms with van der Waals surface area (Å²) in [5, 5.41) is 25.6. The van der Waals surface area contributed by atoms with E-state index in [9.17, 15) is 39.0 Å². The van der Waals surface area contributed by atoms with E-state index in [2.05, 4.69) is 10.8 Å². The molecule has 0 bridgehead atoms. The number of carbonyl (C=O) groups excluding carboxylic acids is 6. The van der Waals surface area contributed by atoms with Crippen molar-refractivity contribution in [2.75, 3.05) is 45.0 Å². The van der Waals surface area contributed by atoms with E-state index in [4.69, 9.17) is 10.6 Å². The van der Waals surface area contributed by atoms with E-state index in [-0.39, 0.29) is 37.2 Å². The Morgan fingerprint density at radius 2 is 1.74 bits per heavy atom. The third-order valence-electron chi connectivity index (χ3n) is 9.21. The summed E-state index contributed by atoms with van der Waals surface area (Å²) in [6.07, 6.45) is 0.0285. The number of nitrogens with two attached hydrogens (primary N) is 1. The number of hydroxylamine groups is 1. The van der Waals surface area contributed by atoms with Crippen LogP contribution < -0.4 is 21.4 Å². The number of Topliss-reactive ketones (excluding diaryl/α,β-unsaturated/α-hetero) is 4. The molecule has 4 unspecified atom stereocenters. The van der Waals surface area contributed by atoms with Gasteiger partial charge in [-0.1, -0.05) is 30.3 Å². The first-order chi connectivity index (χ1) is 21.7. The number of nitrogens with one attached hydrogen (secondary N) is 2. The lowest BCUT2D eigenvalue weighted by Crippen LogP contribution is -2.74. The van der Waals surface area contributed by atoms with Gasteiger partial charge in [-0.15, -0.1) is 0 Å². The molecular weight excluding hydrogens is 598 g/mol. The Balaban J connectivity index is 1.46. The summed E-state index contributed by atoms with van der Waals surface area (Å²) in [5.41, 5.74) is 6.57. The molecule has 14 nitrogen and oxygen atoms in total. The van der Waals surface area contributed by atoms with E-state index in [1.807, 2.05) is 30.3 Å². The minimum Gasteiger partial charge on any atom is -0.505 e. The van der Waals surface area contributed by atoms with Crippen molar-refractivity contribution in [2.45, 2.75) is 31.1 Å². The van der Waals surface area contributed by atoms with Crippen molar-refractivity contribution in [2.24, 2.45) is 29.4 Å². The number of carbonyl (C=O) groups is 6. The average molecular weight is 636 g/mol. The fourth-order valence-electron chi connectivity index (χ4n) is 7.17. The smallest absolute Gasteiger partial charge is 0.240 e. The van der Waals surface area contributed by atoms with E-state index >= 15 is 0 Å². The first-order valence-corrected chi connectivity index (χ1v) is 14.8. The Kier molecular flexibility index (Phi) is 8.84. The maximum atomic E-state index is 14.1. The van der Waals surface area contributed by atoms with E-state index in [1.165, 1.54) is 25.1 Å². The quantitative estimate of drug-likeness (QED) is 0.103. The van der Waals surface area contributed by atoms with Gasteiger partial charge >= 0.3 is 0 Å². The normalized spacial score (nSPS) is 27.1. The van der Waals surface area contributed by atoms with Gasteiger partial charge in [0, 0.05) is 25.7 Å². The molecule has 0 saturated heterocycles. The third-order valence-corrected chi connectivity index (χ3v) is 9.21. The molecule has 244 valence electrons. The van der Waals surface area contributed by atoms with Gasteiger partial charge in [-0.3, -0.25) is 38.5 Å². The number of nitrogens with zero attached hydrogens (tertiary/aromatic N) is 2. The van der Waals surface area contributed by atoms with Crippen LogP contribution in [0.2, 0.25) is 0 Å². The molecule has 3 aliphatic carbocycles. The molecule has 14 heteroatoms. The summed E-state index contributed by atoms with van der Waals surface area (Å²) in [5.74, 6) is -12.1. The molecular formula is C32H37N5O9. The monoisotopic (exact) mass is 635 g/mol. The molecule has 0 heterocycles. The van der Waals surface area contributed by atoms with Crippen molar-refractivity contribution >= 4 is 46.3 Å². The predicted octanol–water partition coefficient (Wildman–Crippen LogP) is -0.407. The molecule has 2 aromatic rings. The average Bonchev–Trinajstić information content (AvgIpc) is 2.98. The van der Waals surface area contributed by atoms with E-state index in [0.717, 1.165) is 5.56 Å². The second-order valence-electron chi connectivity index (χ2n) is 12.5. The lowest BCUT2D eigenvalue weighted by molar-refractivity contribution is -0.181. The maximum absolute atomic E-state index is 14.1. The van der Waals surface area contributed by atoms with Gasteiger partial charge in [0.15, 0.2) is 34.7 Å². The van der Waals surface area contributed by atoms with Crippen molar-refractivity contribution in [3.63, 3.8) is 0 Å². The van der Waals surface area contributed by atoms with Crippen molar-refractivity contribution in [3.8, 4) is 5.75 Å². The topological polar surface area (TPSA) is 209 Å². The lowest BCUT2D eigenvalue weighted by atomic mass is 9.52. The third kappa shape index (κ3) is 5.36. The van der Waals surface area contributed by atoms with Gasteiger partial charge in [0.2, 0.25) is 11.8 Å². The highest BCUT2D eigenvalue weighted by Gasteiger charge is 2.69. The SMILES string of the molecule is CN(C)c1cc(NC(=O)CNOCc2ccccc2)c(O)c2c1CC1CC3[C@H](N(C)C)C(=O)C(C(N)=O)C(=O)[C@@]3(O)C(=O)C1C2=O. The van der Waals surface area contributed by atoms with E-state index in [0.29, 0.717) is 11.3 Å². The number of phenolic OH excluding ortho intramolecular Hbond substituents is 1. The first kappa shape index (κ1) is 32.9. The molecule has 5 rings (SSSR count). The minimum absolute atomic E-state index is 0.0648. The number of fused-ring (bicyclic) bond motifs is 3. The second-order valence-corrected chi connectivity index (χ2v) is 12.5. The van der Waals surface area contributed by atoms with Crippen LogP contribution in [0.1, 0.15) is 27.9 Å². The molecule has 0 aromatic heterocycles. The van der Waals surface area contributed by atoms with Crippen LogP contribution in [-0.2, 0) is 41.8 Å². The van der Waals surface area contributed by atoms with Crippen molar-refractivity contribution in [3.05, 3.63) is 53.1 Å². The van der Waals surface area contributed by atoms with Gasteiger partial charge in [-0.25, -0.2) is 0 Å². The number of amides is 2. The van der Waals surface area contributed by atoms with Crippen LogP contribution in [0, 0.1) is 23.7 Å². The Hall–Kier alpha value is -4.50. The highest BCUT2D eigenvalue weighted by molar-refractivity contribution is 6.32. The van der Waals surface area contributed by atoms with Crippen LogP contribution in [-0.4, -0.2) is 96.4 Å². The lowest BCUT2D eigenvalue weighted by Gasteiger charge is -2.52. The number of phenols is 1. The Morgan fingerprint density at radius 1 is 1.07 bits per heavy atom. The Labute approximate surface area is 264 Å². The number of rotatable bonds is 9. The molecule has 2 aromatic carbocycles. The fourth-order valence-corrected chi connectivity index (χ4v) is 7.17. The van der Waals surface area contributed by atoms with Crippen molar-refractivity contribution in [1.29, 1.82) is 0 Å². The van der Waals surface area contributed by atoms with E-state index < -0.39 is 76.0 Å². The number of hydrogen-bond acceptors (Lipinski definition) is 12. The van der Waals surface area contributed by atoms with Crippen LogP contribution in [0.3, 0.4) is 0 Å². The zero-order valence-corrected chi connectivity index (χ0v) is 25.9. The van der Waals surface area contributed by atoms with Crippen LogP contribution >= 0.6 is 0 Å². The number of aliphatic hydroxyl groups is 1.